The maximum atomic E-state index is 11.2. The Labute approximate surface area is 143 Å². The number of non-ortho nitro benzene ring substituents is 1. The van der Waals surface area contributed by atoms with Gasteiger partial charge in [0.1, 0.15) is 17.2 Å². The number of nitro benzene ring substituents is 2. The molecule has 0 aliphatic rings. The Kier molecular flexibility index (Phi) is 5.48. The molecule has 0 radical (unpaired) electrons. The number of hydrogen-bond donors (Lipinski definition) is 1. The molecule has 0 saturated carbocycles. The van der Waals surface area contributed by atoms with Crippen LogP contribution in [0.3, 0.4) is 0 Å². The fraction of sp³-hybridized carbons (Fsp3) is 0.312. The van der Waals surface area contributed by atoms with Crippen LogP contribution in [0.2, 0.25) is 0 Å². The van der Waals surface area contributed by atoms with Gasteiger partial charge in [0.2, 0.25) is 0 Å². The van der Waals surface area contributed by atoms with Crippen LogP contribution in [0.4, 0.5) is 17.1 Å². The summed E-state index contributed by atoms with van der Waals surface area (Å²) in [5, 5.41) is 26.1. The lowest BCUT2D eigenvalue weighted by atomic mass is 10.1. The van der Waals surface area contributed by atoms with Crippen molar-refractivity contribution in [1.82, 2.24) is 0 Å². The normalized spacial score (nSPS) is 11.4. The summed E-state index contributed by atoms with van der Waals surface area (Å²) >= 11 is 0. The average Bonchev–Trinajstić information content (AvgIpc) is 2.96. The SMILES string of the molecule is CCC(=NNc1ccc([N+](=O)[O-])cc1[N+](=O)[O-])c1oc(CC)cc1C. The minimum absolute atomic E-state index is 0.0708. The molecule has 0 bridgehead atoms. The van der Waals surface area contributed by atoms with E-state index in [0.717, 1.165) is 23.8 Å². The van der Waals surface area contributed by atoms with Crippen molar-refractivity contribution in [2.75, 3.05) is 5.43 Å². The summed E-state index contributed by atoms with van der Waals surface area (Å²) in [7, 11) is 0. The van der Waals surface area contributed by atoms with Crippen molar-refractivity contribution in [3.63, 3.8) is 0 Å². The van der Waals surface area contributed by atoms with Crippen LogP contribution < -0.4 is 5.43 Å². The molecule has 0 atom stereocenters. The molecule has 9 heteroatoms. The standard InChI is InChI=1S/C16H18N4O5/c1-4-12-8-10(3)16(25-12)13(5-2)17-18-14-7-6-11(19(21)22)9-15(14)20(23)24/h6-9,18H,4-5H2,1-3H3. The highest BCUT2D eigenvalue weighted by Crippen LogP contribution is 2.29. The molecule has 2 rings (SSSR count). The Bertz CT molecular complexity index is 841. The van der Waals surface area contributed by atoms with E-state index in [2.05, 4.69) is 10.5 Å². The quantitative estimate of drug-likeness (QED) is 0.455. The van der Waals surface area contributed by atoms with Crippen molar-refractivity contribution in [1.29, 1.82) is 0 Å². The third-order valence-electron chi connectivity index (χ3n) is 3.61. The third-order valence-corrected chi connectivity index (χ3v) is 3.61. The molecular weight excluding hydrogens is 328 g/mol. The first-order chi connectivity index (χ1) is 11.9. The second kappa shape index (κ2) is 7.56. The number of aryl methyl sites for hydroxylation is 2. The molecule has 0 amide bonds. The summed E-state index contributed by atoms with van der Waals surface area (Å²) in [6.07, 6.45) is 1.30. The molecule has 1 heterocycles. The van der Waals surface area contributed by atoms with Crippen LogP contribution in [0.5, 0.6) is 0 Å². The monoisotopic (exact) mass is 346 g/mol. The maximum Gasteiger partial charge on any atom is 0.301 e. The Morgan fingerprint density at radius 2 is 1.92 bits per heavy atom. The van der Waals surface area contributed by atoms with Gasteiger partial charge in [0.15, 0.2) is 5.76 Å². The molecule has 0 fully saturated rings. The lowest BCUT2D eigenvalue weighted by Crippen LogP contribution is -2.05. The van der Waals surface area contributed by atoms with Crippen molar-refractivity contribution in [3.8, 4) is 0 Å². The van der Waals surface area contributed by atoms with E-state index in [4.69, 9.17) is 4.42 Å². The Morgan fingerprint density at radius 1 is 1.20 bits per heavy atom. The lowest BCUT2D eigenvalue weighted by molar-refractivity contribution is -0.393. The fourth-order valence-corrected chi connectivity index (χ4v) is 2.31. The van der Waals surface area contributed by atoms with Crippen molar-refractivity contribution in [2.45, 2.75) is 33.6 Å². The molecule has 25 heavy (non-hydrogen) atoms. The summed E-state index contributed by atoms with van der Waals surface area (Å²) in [4.78, 5) is 20.6. The molecule has 0 aliphatic carbocycles. The molecule has 1 aromatic carbocycles. The van der Waals surface area contributed by atoms with Crippen LogP contribution in [-0.4, -0.2) is 15.6 Å². The van der Waals surface area contributed by atoms with Gasteiger partial charge in [0, 0.05) is 12.5 Å². The van der Waals surface area contributed by atoms with Crippen molar-refractivity contribution >= 4 is 22.8 Å². The maximum absolute atomic E-state index is 11.2. The van der Waals surface area contributed by atoms with E-state index in [0.29, 0.717) is 17.9 Å². The van der Waals surface area contributed by atoms with E-state index < -0.39 is 15.5 Å². The van der Waals surface area contributed by atoms with Gasteiger partial charge in [-0.1, -0.05) is 13.8 Å². The summed E-state index contributed by atoms with van der Waals surface area (Å²) < 4.78 is 5.74. The van der Waals surface area contributed by atoms with E-state index in [1.165, 1.54) is 12.1 Å². The smallest absolute Gasteiger partial charge is 0.301 e. The average molecular weight is 346 g/mol. The Hall–Kier alpha value is -3.23. The first kappa shape index (κ1) is 18.1. The van der Waals surface area contributed by atoms with Gasteiger partial charge in [0.05, 0.1) is 15.9 Å². The number of nitro groups is 2. The second-order valence-corrected chi connectivity index (χ2v) is 5.32. The molecule has 132 valence electrons. The van der Waals surface area contributed by atoms with Gasteiger partial charge in [0.25, 0.3) is 5.69 Å². The van der Waals surface area contributed by atoms with Gasteiger partial charge in [-0.3, -0.25) is 25.7 Å². The van der Waals surface area contributed by atoms with Gasteiger partial charge in [-0.15, -0.1) is 0 Å². The van der Waals surface area contributed by atoms with E-state index in [1.807, 2.05) is 26.8 Å². The summed E-state index contributed by atoms with van der Waals surface area (Å²) in [5.41, 5.74) is 3.46. The molecule has 0 spiro atoms. The zero-order valence-corrected chi connectivity index (χ0v) is 14.1. The zero-order chi connectivity index (χ0) is 18.6. The van der Waals surface area contributed by atoms with Crippen LogP contribution in [0, 0.1) is 27.2 Å². The lowest BCUT2D eigenvalue weighted by Gasteiger charge is -2.05. The zero-order valence-electron chi connectivity index (χ0n) is 14.1. The number of furan rings is 1. The van der Waals surface area contributed by atoms with Crippen LogP contribution in [0.25, 0.3) is 0 Å². The number of nitrogens with one attached hydrogen (secondary N) is 1. The second-order valence-electron chi connectivity index (χ2n) is 5.32. The number of hydrazone groups is 1. The number of benzene rings is 1. The third kappa shape index (κ3) is 4.00. The number of nitrogens with zero attached hydrogens (tertiary/aromatic N) is 3. The van der Waals surface area contributed by atoms with Gasteiger partial charge < -0.3 is 4.42 Å². The topological polar surface area (TPSA) is 124 Å². The highest BCUT2D eigenvalue weighted by molar-refractivity contribution is 5.99. The molecule has 0 aliphatic heterocycles. The van der Waals surface area contributed by atoms with Crippen molar-refractivity contribution in [2.24, 2.45) is 5.10 Å². The van der Waals surface area contributed by atoms with E-state index in [9.17, 15) is 20.2 Å². The van der Waals surface area contributed by atoms with Crippen LogP contribution in [0.1, 0.15) is 37.4 Å². The molecule has 1 N–H and O–H groups in total. The first-order valence-electron chi connectivity index (χ1n) is 7.72. The fourth-order valence-electron chi connectivity index (χ4n) is 2.31. The predicted molar refractivity (Wildman–Crippen MR) is 93.0 cm³/mol. The highest BCUT2D eigenvalue weighted by Gasteiger charge is 2.20. The largest absolute Gasteiger partial charge is 0.459 e. The molecule has 1 aromatic heterocycles. The van der Waals surface area contributed by atoms with Gasteiger partial charge >= 0.3 is 5.69 Å². The first-order valence-corrected chi connectivity index (χ1v) is 7.72. The number of hydrogen-bond acceptors (Lipinski definition) is 7. The Morgan fingerprint density at radius 3 is 2.44 bits per heavy atom. The minimum Gasteiger partial charge on any atom is -0.459 e. The van der Waals surface area contributed by atoms with Crippen LogP contribution >= 0.6 is 0 Å². The van der Waals surface area contributed by atoms with E-state index >= 15 is 0 Å². The molecule has 2 aromatic rings. The van der Waals surface area contributed by atoms with E-state index in [-0.39, 0.29) is 11.4 Å². The summed E-state index contributed by atoms with van der Waals surface area (Å²) in [6, 6.07) is 5.27. The van der Waals surface area contributed by atoms with Gasteiger partial charge in [-0.2, -0.15) is 5.10 Å². The predicted octanol–water partition coefficient (Wildman–Crippen LogP) is 4.19. The molecule has 0 unspecified atom stereocenters. The number of rotatable bonds is 7. The van der Waals surface area contributed by atoms with E-state index in [1.54, 1.807) is 0 Å². The van der Waals surface area contributed by atoms with Crippen molar-refractivity contribution < 1.29 is 14.3 Å². The number of anilines is 1. The van der Waals surface area contributed by atoms with Gasteiger partial charge in [-0.05, 0) is 31.0 Å². The Balaban J connectivity index is 2.36. The molecular formula is C16H18N4O5. The van der Waals surface area contributed by atoms with Crippen LogP contribution in [0.15, 0.2) is 33.8 Å². The molecule has 0 saturated heterocycles. The van der Waals surface area contributed by atoms with Gasteiger partial charge in [-0.25, -0.2) is 0 Å². The highest BCUT2D eigenvalue weighted by atomic mass is 16.6. The summed E-state index contributed by atoms with van der Waals surface area (Å²) in [6.45, 7) is 5.76. The minimum atomic E-state index is -0.691. The molecule has 9 nitrogen and oxygen atoms in total. The van der Waals surface area contributed by atoms with Crippen LogP contribution in [-0.2, 0) is 6.42 Å². The summed E-state index contributed by atoms with van der Waals surface area (Å²) in [5.74, 6) is 1.45. The van der Waals surface area contributed by atoms with Crippen molar-refractivity contribution in [3.05, 3.63) is 61.6 Å².